The average molecular weight is 184 g/mol. The molecule has 0 saturated heterocycles. The maximum Gasteiger partial charge on any atom is 0.0753 e. The molecule has 1 aliphatic heterocycles. The van der Waals surface area contributed by atoms with Crippen molar-refractivity contribution in [2.45, 2.75) is 12.5 Å². The Hall–Kier alpha value is -0.730. The second kappa shape index (κ2) is 2.96. The lowest BCUT2D eigenvalue weighted by Crippen LogP contribution is -2.27. The molecule has 1 unspecified atom stereocenters. The van der Waals surface area contributed by atoms with Gasteiger partial charge in [0.2, 0.25) is 0 Å². The van der Waals surface area contributed by atoms with E-state index in [0.29, 0.717) is 13.0 Å². The summed E-state index contributed by atoms with van der Waals surface area (Å²) in [6.45, 7) is 0.634. The Morgan fingerprint density at radius 3 is 3.17 bits per heavy atom. The van der Waals surface area contributed by atoms with Crippen LogP contribution >= 0.6 is 11.6 Å². The normalized spacial score (nSPS) is 21.3. The van der Waals surface area contributed by atoms with Crippen LogP contribution in [0.25, 0.3) is 0 Å². The topological polar surface area (TPSA) is 32.3 Å². The standard InChI is InChI=1S/C9H10ClNO/c10-7-1-2-9-6(3-7)4-8(12)5-11-9/h1-3,8,11-12H,4-5H2. The number of benzene rings is 1. The fraction of sp³-hybridized carbons (Fsp3) is 0.333. The van der Waals surface area contributed by atoms with Gasteiger partial charge in [-0.3, -0.25) is 0 Å². The lowest BCUT2D eigenvalue weighted by molar-refractivity contribution is 0.184. The summed E-state index contributed by atoms with van der Waals surface area (Å²) in [4.78, 5) is 0. The molecule has 0 amide bonds. The molecule has 1 aromatic rings. The minimum absolute atomic E-state index is 0.282. The largest absolute Gasteiger partial charge is 0.391 e. The number of aliphatic hydroxyl groups excluding tert-OH is 1. The van der Waals surface area contributed by atoms with E-state index in [9.17, 15) is 5.11 Å². The Bertz CT molecular complexity index is 301. The molecule has 0 aromatic heterocycles. The third kappa shape index (κ3) is 1.40. The Morgan fingerprint density at radius 2 is 2.33 bits per heavy atom. The first-order valence-electron chi connectivity index (χ1n) is 3.96. The van der Waals surface area contributed by atoms with Gasteiger partial charge >= 0.3 is 0 Å². The predicted molar refractivity (Wildman–Crippen MR) is 49.7 cm³/mol. The van der Waals surface area contributed by atoms with Gasteiger partial charge < -0.3 is 10.4 Å². The van der Waals surface area contributed by atoms with Gasteiger partial charge in [0.25, 0.3) is 0 Å². The number of halogens is 1. The second-order valence-electron chi connectivity index (χ2n) is 3.04. The van der Waals surface area contributed by atoms with Crippen LogP contribution in [0.15, 0.2) is 18.2 Å². The van der Waals surface area contributed by atoms with Crippen molar-refractivity contribution in [3.63, 3.8) is 0 Å². The molecule has 1 atom stereocenters. The van der Waals surface area contributed by atoms with Crippen molar-refractivity contribution in [3.05, 3.63) is 28.8 Å². The van der Waals surface area contributed by atoms with Gasteiger partial charge in [-0.2, -0.15) is 0 Å². The zero-order valence-corrected chi connectivity index (χ0v) is 7.30. The van der Waals surface area contributed by atoms with E-state index in [2.05, 4.69) is 5.32 Å². The van der Waals surface area contributed by atoms with Crippen LogP contribution in [0.1, 0.15) is 5.56 Å². The molecule has 3 heteroatoms. The molecule has 0 spiro atoms. The third-order valence-electron chi connectivity index (χ3n) is 2.05. The van der Waals surface area contributed by atoms with Gasteiger partial charge in [-0.05, 0) is 23.8 Å². The van der Waals surface area contributed by atoms with Gasteiger partial charge in [0.15, 0.2) is 0 Å². The SMILES string of the molecule is OC1CNc2ccc(Cl)cc2C1. The summed E-state index contributed by atoms with van der Waals surface area (Å²) in [6.07, 6.45) is 0.416. The van der Waals surface area contributed by atoms with Crippen molar-refractivity contribution in [2.24, 2.45) is 0 Å². The molecule has 2 N–H and O–H groups in total. The van der Waals surface area contributed by atoms with Crippen LogP contribution in [-0.2, 0) is 6.42 Å². The molecule has 64 valence electrons. The van der Waals surface area contributed by atoms with Crippen LogP contribution in [0.3, 0.4) is 0 Å². The summed E-state index contributed by atoms with van der Waals surface area (Å²) in [5.74, 6) is 0. The Kier molecular flexibility index (Phi) is 1.95. The number of hydrogen-bond acceptors (Lipinski definition) is 2. The summed E-state index contributed by atoms with van der Waals surface area (Å²) in [6, 6.07) is 5.70. The van der Waals surface area contributed by atoms with E-state index < -0.39 is 0 Å². The van der Waals surface area contributed by atoms with Crippen LogP contribution in [0, 0.1) is 0 Å². The summed E-state index contributed by atoms with van der Waals surface area (Å²) in [7, 11) is 0. The molecular formula is C9H10ClNO. The number of β-amino-alcohol motifs (C(OH)–C–C–N with tert-alkyl or cyclic N) is 1. The fourth-order valence-electron chi connectivity index (χ4n) is 1.46. The predicted octanol–water partition coefficient (Wildman–Crippen LogP) is 1.67. The zero-order chi connectivity index (χ0) is 8.55. The molecule has 1 heterocycles. The number of anilines is 1. The summed E-state index contributed by atoms with van der Waals surface area (Å²) in [5, 5.41) is 13.2. The smallest absolute Gasteiger partial charge is 0.0753 e. The minimum Gasteiger partial charge on any atom is -0.391 e. The molecule has 2 nitrogen and oxygen atoms in total. The molecule has 0 fully saturated rings. The molecule has 0 saturated carbocycles. The molecule has 0 aliphatic carbocycles. The van der Waals surface area contributed by atoms with E-state index in [4.69, 9.17) is 11.6 Å². The Morgan fingerprint density at radius 1 is 1.50 bits per heavy atom. The first-order chi connectivity index (χ1) is 5.75. The van der Waals surface area contributed by atoms with Gasteiger partial charge in [-0.1, -0.05) is 11.6 Å². The van der Waals surface area contributed by atoms with E-state index in [1.54, 1.807) is 0 Å². The molecular weight excluding hydrogens is 174 g/mol. The van der Waals surface area contributed by atoms with Gasteiger partial charge in [0.05, 0.1) is 6.10 Å². The molecule has 1 aliphatic rings. The number of rotatable bonds is 0. The van der Waals surface area contributed by atoms with Crippen molar-refractivity contribution >= 4 is 17.3 Å². The van der Waals surface area contributed by atoms with Crippen molar-refractivity contribution in [1.29, 1.82) is 0 Å². The van der Waals surface area contributed by atoms with Crippen molar-refractivity contribution < 1.29 is 5.11 Å². The number of aliphatic hydroxyl groups is 1. The first-order valence-corrected chi connectivity index (χ1v) is 4.34. The van der Waals surface area contributed by atoms with Crippen molar-refractivity contribution in [1.82, 2.24) is 0 Å². The van der Waals surface area contributed by atoms with E-state index >= 15 is 0 Å². The van der Waals surface area contributed by atoms with Gasteiger partial charge in [0.1, 0.15) is 0 Å². The van der Waals surface area contributed by atoms with Crippen LogP contribution in [0.4, 0.5) is 5.69 Å². The first kappa shape index (κ1) is 7.90. The second-order valence-corrected chi connectivity index (χ2v) is 3.48. The molecule has 0 bridgehead atoms. The Labute approximate surface area is 76.2 Å². The molecule has 0 radical (unpaired) electrons. The monoisotopic (exact) mass is 183 g/mol. The van der Waals surface area contributed by atoms with Crippen LogP contribution in [0.2, 0.25) is 5.02 Å². The van der Waals surface area contributed by atoms with E-state index in [1.807, 2.05) is 18.2 Å². The maximum absolute atomic E-state index is 9.34. The van der Waals surface area contributed by atoms with E-state index in [-0.39, 0.29) is 6.10 Å². The number of hydrogen-bond donors (Lipinski definition) is 2. The number of nitrogens with one attached hydrogen (secondary N) is 1. The summed E-state index contributed by atoms with van der Waals surface area (Å²) in [5.41, 5.74) is 2.19. The highest BCUT2D eigenvalue weighted by molar-refractivity contribution is 6.30. The minimum atomic E-state index is -0.282. The lowest BCUT2D eigenvalue weighted by atomic mass is 10.0. The highest BCUT2D eigenvalue weighted by Gasteiger charge is 2.15. The van der Waals surface area contributed by atoms with Crippen LogP contribution in [0.5, 0.6) is 0 Å². The highest BCUT2D eigenvalue weighted by atomic mass is 35.5. The third-order valence-corrected chi connectivity index (χ3v) is 2.29. The number of fused-ring (bicyclic) bond motifs is 1. The fourth-order valence-corrected chi connectivity index (χ4v) is 1.65. The quantitative estimate of drug-likeness (QED) is 0.642. The maximum atomic E-state index is 9.34. The van der Waals surface area contributed by atoms with Crippen molar-refractivity contribution in [3.8, 4) is 0 Å². The lowest BCUT2D eigenvalue weighted by Gasteiger charge is -2.22. The van der Waals surface area contributed by atoms with E-state index in [0.717, 1.165) is 16.3 Å². The molecule has 2 rings (SSSR count). The van der Waals surface area contributed by atoms with Gasteiger partial charge in [-0.15, -0.1) is 0 Å². The highest BCUT2D eigenvalue weighted by Crippen LogP contribution is 2.24. The average Bonchev–Trinajstić information content (AvgIpc) is 2.03. The molecule has 12 heavy (non-hydrogen) atoms. The van der Waals surface area contributed by atoms with Gasteiger partial charge in [-0.25, -0.2) is 0 Å². The van der Waals surface area contributed by atoms with Gasteiger partial charge in [0, 0.05) is 23.7 Å². The molecule has 1 aromatic carbocycles. The zero-order valence-electron chi connectivity index (χ0n) is 6.55. The van der Waals surface area contributed by atoms with Crippen molar-refractivity contribution in [2.75, 3.05) is 11.9 Å². The summed E-state index contributed by atoms with van der Waals surface area (Å²) >= 11 is 5.81. The van der Waals surface area contributed by atoms with Crippen LogP contribution in [-0.4, -0.2) is 17.8 Å². The summed E-state index contributed by atoms with van der Waals surface area (Å²) < 4.78 is 0. The Balaban J connectivity index is 2.37. The van der Waals surface area contributed by atoms with E-state index in [1.165, 1.54) is 0 Å². The van der Waals surface area contributed by atoms with Crippen LogP contribution < -0.4 is 5.32 Å².